The maximum atomic E-state index is 11.9. The van der Waals surface area contributed by atoms with Gasteiger partial charge in [0, 0.05) is 36.5 Å². The molecule has 3 fully saturated rings. The Morgan fingerprint density at radius 3 is 2.29 bits per heavy atom. The van der Waals surface area contributed by atoms with Crippen LogP contribution in [0.4, 0.5) is 0 Å². The Hall–Kier alpha value is -0.130. The van der Waals surface area contributed by atoms with Gasteiger partial charge in [0.05, 0.1) is 5.75 Å². The molecule has 21 heavy (non-hydrogen) atoms. The largest absolute Gasteiger partial charge is 0.308 e. The average molecular weight is 314 g/mol. The van der Waals surface area contributed by atoms with Crippen LogP contribution in [-0.4, -0.2) is 55.5 Å². The maximum absolute atomic E-state index is 11.9. The third kappa shape index (κ3) is 3.15. The van der Waals surface area contributed by atoms with Crippen LogP contribution in [0.1, 0.15) is 58.3 Å². The van der Waals surface area contributed by atoms with Gasteiger partial charge in [-0.15, -0.1) is 0 Å². The zero-order valence-electron chi connectivity index (χ0n) is 13.4. The van der Waals surface area contributed by atoms with Crippen LogP contribution in [0.25, 0.3) is 0 Å². The minimum absolute atomic E-state index is 0.247. The number of nitrogens with zero attached hydrogens (tertiary/aromatic N) is 1. The molecule has 2 spiro atoms. The van der Waals surface area contributed by atoms with Gasteiger partial charge in [0.1, 0.15) is 0 Å². The highest BCUT2D eigenvalue weighted by Crippen LogP contribution is 2.42. The van der Waals surface area contributed by atoms with E-state index in [-0.39, 0.29) is 16.8 Å². The lowest BCUT2D eigenvalue weighted by molar-refractivity contribution is 0.0142. The molecule has 0 amide bonds. The highest BCUT2D eigenvalue weighted by Gasteiger charge is 2.49. The van der Waals surface area contributed by atoms with E-state index in [1.54, 1.807) is 6.92 Å². The van der Waals surface area contributed by atoms with E-state index < -0.39 is 9.84 Å². The van der Waals surface area contributed by atoms with Gasteiger partial charge < -0.3 is 5.32 Å². The fourth-order valence-electron chi connectivity index (χ4n) is 4.68. The zero-order chi connectivity index (χ0) is 15.0. The number of hydrogen-bond donors (Lipinski definition) is 1. The van der Waals surface area contributed by atoms with E-state index in [9.17, 15) is 8.42 Å². The molecule has 0 aromatic rings. The number of rotatable bonds is 4. The summed E-state index contributed by atoms with van der Waals surface area (Å²) in [6.07, 6.45) is 10.2. The Labute approximate surface area is 129 Å². The third-order valence-electron chi connectivity index (χ3n) is 6.16. The van der Waals surface area contributed by atoms with Gasteiger partial charge >= 0.3 is 0 Å². The standard InChI is InChI=1S/C16H30N2O2S/c1-2-21(19,20)12-11-18-14-15(7-3-4-8-15)17-13-16(18)9-5-6-10-16/h17H,2-14H2,1H3. The van der Waals surface area contributed by atoms with E-state index >= 15 is 0 Å². The lowest BCUT2D eigenvalue weighted by Crippen LogP contribution is -2.69. The van der Waals surface area contributed by atoms with Gasteiger partial charge in [-0.3, -0.25) is 4.90 Å². The van der Waals surface area contributed by atoms with Gasteiger partial charge in [0.25, 0.3) is 0 Å². The molecule has 0 radical (unpaired) electrons. The fraction of sp³-hybridized carbons (Fsp3) is 1.00. The first-order valence-electron chi connectivity index (χ1n) is 8.70. The molecule has 2 aliphatic carbocycles. The van der Waals surface area contributed by atoms with Crippen LogP contribution in [0.15, 0.2) is 0 Å². The summed E-state index contributed by atoms with van der Waals surface area (Å²) in [5.41, 5.74) is 0.529. The number of piperazine rings is 1. The number of sulfone groups is 1. The Balaban J connectivity index is 1.73. The predicted molar refractivity (Wildman–Crippen MR) is 86.3 cm³/mol. The van der Waals surface area contributed by atoms with Gasteiger partial charge in [-0.1, -0.05) is 32.6 Å². The smallest absolute Gasteiger partial charge is 0.151 e. The highest BCUT2D eigenvalue weighted by atomic mass is 32.2. The van der Waals surface area contributed by atoms with E-state index in [1.807, 2.05) is 0 Å². The second kappa shape index (κ2) is 5.82. The Kier molecular flexibility index (Phi) is 4.37. The summed E-state index contributed by atoms with van der Waals surface area (Å²) < 4.78 is 23.8. The van der Waals surface area contributed by atoms with Crippen LogP contribution in [0.5, 0.6) is 0 Å². The first-order valence-corrected chi connectivity index (χ1v) is 10.5. The van der Waals surface area contributed by atoms with Crippen molar-refractivity contribution < 1.29 is 8.42 Å². The summed E-state index contributed by atoms with van der Waals surface area (Å²) in [7, 11) is -2.86. The van der Waals surface area contributed by atoms with Crippen LogP contribution < -0.4 is 5.32 Å². The molecule has 1 aliphatic heterocycles. The fourth-order valence-corrected chi connectivity index (χ4v) is 5.46. The molecule has 0 aromatic carbocycles. The SMILES string of the molecule is CCS(=O)(=O)CCN1CC2(CCCC2)NCC12CCCC2. The minimum Gasteiger partial charge on any atom is -0.308 e. The summed E-state index contributed by atoms with van der Waals surface area (Å²) >= 11 is 0. The first-order chi connectivity index (χ1) is 9.99. The normalized spacial score (nSPS) is 28.6. The van der Waals surface area contributed by atoms with E-state index in [4.69, 9.17) is 0 Å². The minimum atomic E-state index is -2.86. The summed E-state index contributed by atoms with van der Waals surface area (Å²) in [5.74, 6) is 0.610. The molecular weight excluding hydrogens is 284 g/mol. The molecule has 5 heteroatoms. The van der Waals surface area contributed by atoms with Crippen molar-refractivity contribution >= 4 is 9.84 Å². The van der Waals surface area contributed by atoms with Crippen molar-refractivity contribution in [2.75, 3.05) is 31.1 Å². The molecule has 0 unspecified atom stereocenters. The molecule has 0 aromatic heterocycles. The number of hydrogen-bond acceptors (Lipinski definition) is 4. The lowest BCUT2D eigenvalue weighted by Gasteiger charge is -2.52. The van der Waals surface area contributed by atoms with Crippen LogP contribution >= 0.6 is 0 Å². The van der Waals surface area contributed by atoms with Crippen LogP contribution in [0.3, 0.4) is 0 Å². The van der Waals surface area contributed by atoms with Gasteiger partial charge in [-0.25, -0.2) is 8.42 Å². The van der Waals surface area contributed by atoms with E-state index in [1.165, 1.54) is 51.4 Å². The molecule has 3 rings (SSSR count). The third-order valence-corrected chi connectivity index (χ3v) is 7.85. The van der Waals surface area contributed by atoms with Gasteiger partial charge in [0.15, 0.2) is 9.84 Å². The van der Waals surface area contributed by atoms with Crippen molar-refractivity contribution in [1.82, 2.24) is 10.2 Å². The molecule has 0 atom stereocenters. The predicted octanol–water partition coefficient (Wildman–Crippen LogP) is 1.95. The van der Waals surface area contributed by atoms with Crippen molar-refractivity contribution in [1.29, 1.82) is 0 Å². The highest BCUT2D eigenvalue weighted by molar-refractivity contribution is 7.91. The van der Waals surface area contributed by atoms with Crippen LogP contribution in [0, 0.1) is 0 Å². The Bertz CT molecular complexity index is 463. The van der Waals surface area contributed by atoms with Gasteiger partial charge in [0.2, 0.25) is 0 Å². The van der Waals surface area contributed by atoms with E-state index in [2.05, 4.69) is 10.2 Å². The summed E-state index contributed by atoms with van der Waals surface area (Å²) in [5, 5.41) is 3.88. The van der Waals surface area contributed by atoms with Gasteiger partial charge in [-0.05, 0) is 25.7 Å². The molecule has 3 aliphatic rings. The summed E-state index contributed by atoms with van der Waals surface area (Å²) in [6, 6.07) is 0. The number of nitrogens with one attached hydrogen (secondary N) is 1. The molecule has 1 heterocycles. The van der Waals surface area contributed by atoms with Gasteiger partial charge in [-0.2, -0.15) is 0 Å². The summed E-state index contributed by atoms with van der Waals surface area (Å²) in [4.78, 5) is 2.56. The lowest BCUT2D eigenvalue weighted by atomic mass is 9.84. The summed E-state index contributed by atoms with van der Waals surface area (Å²) in [6.45, 7) is 4.63. The quantitative estimate of drug-likeness (QED) is 0.862. The molecule has 0 bridgehead atoms. The van der Waals surface area contributed by atoms with Crippen LogP contribution in [-0.2, 0) is 9.84 Å². The Morgan fingerprint density at radius 1 is 1.05 bits per heavy atom. The topological polar surface area (TPSA) is 49.4 Å². The molecule has 4 nitrogen and oxygen atoms in total. The monoisotopic (exact) mass is 314 g/mol. The second-order valence-electron chi connectivity index (χ2n) is 7.43. The maximum Gasteiger partial charge on any atom is 0.151 e. The average Bonchev–Trinajstić information content (AvgIpc) is 3.11. The van der Waals surface area contributed by atoms with Crippen LogP contribution in [0.2, 0.25) is 0 Å². The molecule has 1 saturated heterocycles. The van der Waals surface area contributed by atoms with E-state index in [0.717, 1.165) is 19.6 Å². The van der Waals surface area contributed by atoms with E-state index in [0.29, 0.717) is 5.75 Å². The van der Waals surface area contributed by atoms with Crippen molar-refractivity contribution in [3.8, 4) is 0 Å². The molecule has 2 saturated carbocycles. The molecule has 122 valence electrons. The van der Waals surface area contributed by atoms with Crippen molar-refractivity contribution in [3.05, 3.63) is 0 Å². The molecule has 1 N–H and O–H groups in total. The second-order valence-corrected chi connectivity index (χ2v) is 9.90. The zero-order valence-corrected chi connectivity index (χ0v) is 14.2. The van der Waals surface area contributed by atoms with Crippen molar-refractivity contribution in [3.63, 3.8) is 0 Å². The first kappa shape index (κ1) is 15.8. The van der Waals surface area contributed by atoms with Crippen molar-refractivity contribution in [2.24, 2.45) is 0 Å². The van der Waals surface area contributed by atoms with Crippen molar-refractivity contribution in [2.45, 2.75) is 69.4 Å². The molecular formula is C16H30N2O2S. The Morgan fingerprint density at radius 2 is 1.67 bits per heavy atom.